The van der Waals surface area contributed by atoms with E-state index < -0.39 is 0 Å². The Labute approximate surface area is 135 Å². The van der Waals surface area contributed by atoms with Crippen molar-refractivity contribution < 1.29 is 9.18 Å². The van der Waals surface area contributed by atoms with E-state index in [2.05, 4.69) is 4.90 Å². The van der Waals surface area contributed by atoms with Gasteiger partial charge in [0.15, 0.2) is 0 Å². The number of fused-ring (bicyclic) bond motifs is 1. The lowest BCUT2D eigenvalue weighted by molar-refractivity contribution is -0.120. The van der Waals surface area contributed by atoms with Crippen LogP contribution in [0.1, 0.15) is 5.56 Å². The van der Waals surface area contributed by atoms with Crippen molar-refractivity contribution in [3.8, 4) is 0 Å². The maximum atomic E-state index is 13.0. The molecule has 2 aromatic carbocycles. The highest BCUT2D eigenvalue weighted by atomic mass is 19.1. The molecule has 2 aliphatic heterocycles. The second kappa shape index (κ2) is 5.78. The van der Waals surface area contributed by atoms with Gasteiger partial charge in [0.2, 0.25) is 5.91 Å². The predicted molar refractivity (Wildman–Crippen MR) is 87.5 cm³/mol. The number of rotatable bonds is 3. The molecule has 118 valence electrons. The van der Waals surface area contributed by atoms with Crippen LogP contribution >= 0.6 is 0 Å². The van der Waals surface area contributed by atoms with Crippen molar-refractivity contribution in [1.82, 2.24) is 4.90 Å². The molecule has 2 unspecified atom stereocenters. The van der Waals surface area contributed by atoms with E-state index >= 15 is 0 Å². The second-order valence-corrected chi connectivity index (χ2v) is 6.47. The summed E-state index contributed by atoms with van der Waals surface area (Å²) in [5.41, 5.74) is 2.09. The average molecular weight is 310 g/mol. The Morgan fingerprint density at radius 2 is 1.70 bits per heavy atom. The number of carbonyl (C=O) groups excluding carboxylic acids is 1. The Bertz CT molecular complexity index is 701. The lowest BCUT2D eigenvalue weighted by Crippen LogP contribution is -2.32. The van der Waals surface area contributed by atoms with Crippen LogP contribution in [0.5, 0.6) is 0 Å². The molecule has 2 saturated heterocycles. The lowest BCUT2D eigenvalue weighted by Gasteiger charge is -2.21. The van der Waals surface area contributed by atoms with Crippen molar-refractivity contribution in [3.05, 3.63) is 66.0 Å². The summed E-state index contributed by atoms with van der Waals surface area (Å²) in [6.45, 7) is 3.31. The number of carbonyl (C=O) groups is 1. The fraction of sp³-hybridized carbons (Fsp3) is 0.316. The van der Waals surface area contributed by atoms with Crippen LogP contribution in [0.2, 0.25) is 0 Å². The van der Waals surface area contributed by atoms with E-state index in [0.717, 1.165) is 37.4 Å². The number of hydrogen-bond donors (Lipinski definition) is 0. The summed E-state index contributed by atoms with van der Waals surface area (Å²) < 4.78 is 13.0. The van der Waals surface area contributed by atoms with Crippen molar-refractivity contribution >= 4 is 11.6 Å². The predicted octanol–water partition coefficient (Wildman–Crippen LogP) is 2.92. The molecule has 4 heteroatoms. The summed E-state index contributed by atoms with van der Waals surface area (Å²) in [7, 11) is 0. The molecule has 1 amide bonds. The van der Waals surface area contributed by atoms with Crippen molar-refractivity contribution in [2.75, 3.05) is 24.5 Å². The first-order chi connectivity index (χ1) is 11.2. The number of hydrogen-bond acceptors (Lipinski definition) is 2. The number of nitrogens with zero attached hydrogens (tertiary/aromatic N) is 2. The molecule has 2 fully saturated rings. The zero-order valence-electron chi connectivity index (χ0n) is 12.9. The molecule has 3 nitrogen and oxygen atoms in total. The number of benzene rings is 2. The van der Waals surface area contributed by atoms with Crippen LogP contribution in [0.3, 0.4) is 0 Å². The molecule has 0 radical (unpaired) electrons. The largest absolute Gasteiger partial charge is 0.312 e. The summed E-state index contributed by atoms with van der Waals surface area (Å²) in [5.74, 6) is 0.516. The minimum absolute atomic E-state index is 0.0932. The van der Waals surface area contributed by atoms with Crippen molar-refractivity contribution in [2.45, 2.75) is 6.54 Å². The van der Waals surface area contributed by atoms with E-state index in [-0.39, 0.29) is 17.6 Å². The first-order valence-electron chi connectivity index (χ1n) is 8.04. The van der Waals surface area contributed by atoms with Crippen LogP contribution in [0.15, 0.2) is 54.6 Å². The first-order valence-corrected chi connectivity index (χ1v) is 8.04. The molecule has 0 bridgehead atoms. The molecule has 23 heavy (non-hydrogen) atoms. The molecule has 0 aromatic heterocycles. The van der Waals surface area contributed by atoms with Crippen LogP contribution in [0.4, 0.5) is 10.1 Å². The van der Waals surface area contributed by atoms with Gasteiger partial charge < -0.3 is 4.90 Å². The Morgan fingerprint density at radius 3 is 2.39 bits per heavy atom. The Hall–Kier alpha value is -2.20. The molecule has 2 aliphatic rings. The van der Waals surface area contributed by atoms with Gasteiger partial charge in [-0.1, -0.05) is 30.3 Å². The fourth-order valence-electron chi connectivity index (χ4n) is 3.77. The van der Waals surface area contributed by atoms with Gasteiger partial charge in [-0.3, -0.25) is 9.69 Å². The van der Waals surface area contributed by atoms with Gasteiger partial charge in [0.05, 0.1) is 5.92 Å². The zero-order chi connectivity index (χ0) is 15.8. The first kappa shape index (κ1) is 14.4. The third kappa shape index (κ3) is 2.75. The van der Waals surface area contributed by atoms with E-state index in [1.54, 1.807) is 0 Å². The number of anilines is 1. The van der Waals surface area contributed by atoms with E-state index in [9.17, 15) is 9.18 Å². The van der Waals surface area contributed by atoms with Crippen LogP contribution in [0, 0.1) is 17.7 Å². The van der Waals surface area contributed by atoms with Gasteiger partial charge in [-0.15, -0.1) is 0 Å². The summed E-state index contributed by atoms with van der Waals surface area (Å²) in [6.07, 6.45) is 0. The van der Waals surface area contributed by atoms with Crippen LogP contribution < -0.4 is 4.90 Å². The lowest BCUT2D eigenvalue weighted by atomic mass is 10.0. The van der Waals surface area contributed by atoms with Crippen molar-refractivity contribution in [3.63, 3.8) is 0 Å². The molecule has 0 saturated carbocycles. The quantitative estimate of drug-likeness (QED) is 0.870. The van der Waals surface area contributed by atoms with Crippen LogP contribution in [-0.2, 0) is 11.3 Å². The summed E-state index contributed by atoms with van der Waals surface area (Å²) in [4.78, 5) is 16.9. The minimum Gasteiger partial charge on any atom is -0.312 e. The SMILES string of the molecule is O=C1C2CN(Cc3ccc(F)cc3)CC2CN1c1ccccc1. The maximum Gasteiger partial charge on any atom is 0.231 e. The van der Waals surface area contributed by atoms with E-state index in [1.807, 2.05) is 47.4 Å². The molecule has 2 atom stereocenters. The van der Waals surface area contributed by atoms with Gasteiger partial charge in [-0.05, 0) is 29.8 Å². The Kier molecular flexibility index (Phi) is 3.62. The highest BCUT2D eigenvalue weighted by molar-refractivity contribution is 5.98. The molecule has 4 rings (SSSR count). The van der Waals surface area contributed by atoms with Crippen LogP contribution in [0.25, 0.3) is 0 Å². The van der Waals surface area contributed by atoms with Crippen molar-refractivity contribution in [2.24, 2.45) is 11.8 Å². The monoisotopic (exact) mass is 310 g/mol. The summed E-state index contributed by atoms with van der Waals surface area (Å²) >= 11 is 0. The normalized spacial score (nSPS) is 24.2. The Balaban J connectivity index is 1.43. The molecule has 0 aliphatic carbocycles. The van der Waals surface area contributed by atoms with Gasteiger partial charge in [-0.25, -0.2) is 4.39 Å². The number of halogens is 1. The van der Waals surface area contributed by atoms with Gasteiger partial charge in [0.1, 0.15) is 5.82 Å². The topological polar surface area (TPSA) is 23.6 Å². The third-order valence-electron chi connectivity index (χ3n) is 4.90. The highest BCUT2D eigenvalue weighted by Gasteiger charge is 2.46. The molecular formula is C19H19FN2O. The fourth-order valence-corrected chi connectivity index (χ4v) is 3.77. The number of para-hydroxylation sites is 1. The van der Waals surface area contributed by atoms with Gasteiger partial charge in [-0.2, -0.15) is 0 Å². The van der Waals surface area contributed by atoms with Crippen LogP contribution in [-0.4, -0.2) is 30.4 Å². The van der Waals surface area contributed by atoms with Gasteiger partial charge in [0, 0.05) is 37.8 Å². The molecular weight excluding hydrogens is 291 g/mol. The Morgan fingerprint density at radius 1 is 0.957 bits per heavy atom. The van der Waals surface area contributed by atoms with Gasteiger partial charge in [0.25, 0.3) is 0 Å². The van der Waals surface area contributed by atoms with Crippen molar-refractivity contribution in [1.29, 1.82) is 0 Å². The molecule has 2 heterocycles. The smallest absolute Gasteiger partial charge is 0.231 e. The zero-order valence-corrected chi connectivity index (χ0v) is 12.9. The third-order valence-corrected chi connectivity index (χ3v) is 4.90. The van der Waals surface area contributed by atoms with Gasteiger partial charge >= 0.3 is 0 Å². The number of likely N-dealkylation sites (tertiary alicyclic amines) is 1. The standard InChI is InChI=1S/C19H19FN2O/c20-16-8-6-14(7-9-16)10-21-11-15-12-22(19(23)18(15)13-21)17-4-2-1-3-5-17/h1-9,15,18H,10-13H2. The molecule has 0 N–H and O–H groups in total. The second-order valence-electron chi connectivity index (χ2n) is 6.47. The number of amides is 1. The average Bonchev–Trinajstić information content (AvgIpc) is 3.10. The van der Waals surface area contributed by atoms with E-state index in [4.69, 9.17) is 0 Å². The van der Waals surface area contributed by atoms with E-state index in [0.29, 0.717) is 5.92 Å². The molecule has 0 spiro atoms. The summed E-state index contributed by atoms with van der Waals surface area (Å²) in [5, 5.41) is 0. The maximum absolute atomic E-state index is 13.0. The minimum atomic E-state index is -0.208. The molecule has 2 aromatic rings. The summed E-state index contributed by atoms with van der Waals surface area (Å²) in [6, 6.07) is 16.5. The highest BCUT2D eigenvalue weighted by Crippen LogP contribution is 2.35. The van der Waals surface area contributed by atoms with E-state index in [1.165, 1.54) is 12.1 Å².